The Hall–Kier alpha value is -1.29. The highest BCUT2D eigenvalue weighted by Gasteiger charge is 2.03. The van der Waals surface area contributed by atoms with Gasteiger partial charge in [0.25, 0.3) is 0 Å². The highest BCUT2D eigenvalue weighted by Crippen LogP contribution is 2.11. The summed E-state index contributed by atoms with van der Waals surface area (Å²) in [7, 11) is 0. The fraction of sp³-hybridized carbons (Fsp3) is 0.462. The summed E-state index contributed by atoms with van der Waals surface area (Å²) in [5, 5.41) is 0. The number of ether oxygens (including phenoxy) is 1. The van der Waals surface area contributed by atoms with Crippen molar-refractivity contribution in [2.45, 2.75) is 32.8 Å². The minimum Gasteiger partial charge on any atom is -0.377 e. The Balaban J connectivity index is 2.22. The van der Waals surface area contributed by atoms with E-state index in [4.69, 9.17) is 4.74 Å². The molecule has 1 rings (SSSR count). The zero-order valence-electron chi connectivity index (χ0n) is 9.84. The van der Waals surface area contributed by atoms with Gasteiger partial charge in [-0.2, -0.15) is 0 Å². The summed E-state index contributed by atoms with van der Waals surface area (Å²) in [6.45, 7) is 2.05. The molecule has 1 aromatic carbocycles. The second-order valence-corrected chi connectivity index (χ2v) is 3.95. The maximum absolute atomic E-state index is 13.2. The number of hydrogen-bond acceptors (Lipinski definition) is 2. The molecule has 0 saturated heterocycles. The van der Waals surface area contributed by atoms with Crippen molar-refractivity contribution >= 4 is 5.78 Å². The number of carbonyl (C=O) groups is 1. The van der Waals surface area contributed by atoms with Crippen LogP contribution in [0.15, 0.2) is 18.2 Å². The molecule has 0 amide bonds. The van der Waals surface area contributed by atoms with E-state index in [2.05, 4.69) is 0 Å². The van der Waals surface area contributed by atoms with E-state index in [-0.39, 0.29) is 18.0 Å². The highest BCUT2D eigenvalue weighted by atomic mass is 19.1. The molecule has 4 heteroatoms. The number of benzene rings is 1. The van der Waals surface area contributed by atoms with Crippen LogP contribution in [0.25, 0.3) is 0 Å². The molecule has 0 bridgehead atoms. The van der Waals surface area contributed by atoms with Crippen molar-refractivity contribution < 1.29 is 18.3 Å². The summed E-state index contributed by atoms with van der Waals surface area (Å²) in [6, 6.07) is 3.29. The lowest BCUT2D eigenvalue weighted by Gasteiger charge is -2.05. The van der Waals surface area contributed by atoms with Crippen molar-refractivity contribution in [2.24, 2.45) is 0 Å². The SMILES string of the molecule is CC(=O)CCCCOCc1cc(F)ccc1F. The van der Waals surface area contributed by atoms with Crippen LogP contribution in [0.2, 0.25) is 0 Å². The predicted octanol–water partition coefficient (Wildman–Crippen LogP) is 3.24. The minimum atomic E-state index is -0.471. The molecule has 1 aromatic rings. The van der Waals surface area contributed by atoms with Crippen molar-refractivity contribution in [3.05, 3.63) is 35.4 Å². The molecular weight excluding hydrogens is 226 g/mol. The van der Waals surface area contributed by atoms with Crippen molar-refractivity contribution in [1.82, 2.24) is 0 Å². The molecule has 0 unspecified atom stereocenters. The number of carbonyl (C=O) groups excluding carboxylic acids is 1. The van der Waals surface area contributed by atoms with Gasteiger partial charge >= 0.3 is 0 Å². The summed E-state index contributed by atoms with van der Waals surface area (Å²) >= 11 is 0. The van der Waals surface area contributed by atoms with E-state index in [1.807, 2.05) is 0 Å². The zero-order chi connectivity index (χ0) is 12.7. The van der Waals surface area contributed by atoms with Crippen LogP contribution in [0.4, 0.5) is 8.78 Å². The van der Waals surface area contributed by atoms with Gasteiger partial charge < -0.3 is 9.53 Å². The first kappa shape index (κ1) is 13.8. The molecule has 0 N–H and O–H groups in total. The Bertz CT molecular complexity index is 378. The lowest BCUT2D eigenvalue weighted by molar-refractivity contribution is -0.117. The van der Waals surface area contributed by atoms with Crippen molar-refractivity contribution in [3.8, 4) is 0 Å². The Kier molecular flexibility index (Phi) is 5.77. The topological polar surface area (TPSA) is 26.3 Å². The quantitative estimate of drug-likeness (QED) is 0.686. The summed E-state index contributed by atoms with van der Waals surface area (Å²) in [5.41, 5.74) is 0.219. The van der Waals surface area contributed by atoms with Gasteiger partial charge in [-0.05, 0) is 38.0 Å². The largest absolute Gasteiger partial charge is 0.377 e. The smallest absolute Gasteiger partial charge is 0.129 e. The average Bonchev–Trinajstić information content (AvgIpc) is 2.27. The average molecular weight is 242 g/mol. The maximum atomic E-state index is 13.2. The van der Waals surface area contributed by atoms with Gasteiger partial charge in [-0.3, -0.25) is 0 Å². The molecule has 17 heavy (non-hydrogen) atoms. The Morgan fingerprint density at radius 1 is 1.29 bits per heavy atom. The van der Waals surface area contributed by atoms with Crippen molar-refractivity contribution in [1.29, 1.82) is 0 Å². The van der Waals surface area contributed by atoms with Gasteiger partial charge in [0.05, 0.1) is 6.61 Å². The van der Waals surface area contributed by atoms with E-state index in [1.165, 1.54) is 0 Å². The first-order chi connectivity index (χ1) is 8.09. The van der Waals surface area contributed by atoms with Gasteiger partial charge in [0.1, 0.15) is 17.4 Å². The molecule has 0 aliphatic rings. The van der Waals surface area contributed by atoms with Crippen molar-refractivity contribution in [3.63, 3.8) is 0 Å². The van der Waals surface area contributed by atoms with Crippen LogP contribution in [0.5, 0.6) is 0 Å². The molecular formula is C13H16F2O2. The summed E-state index contributed by atoms with van der Waals surface area (Å²) in [6.07, 6.45) is 2.05. The van der Waals surface area contributed by atoms with Crippen LogP contribution >= 0.6 is 0 Å². The maximum Gasteiger partial charge on any atom is 0.129 e. The molecule has 0 aliphatic heterocycles. The zero-order valence-corrected chi connectivity index (χ0v) is 9.84. The van der Waals surface area contributed by atoms with Crippen molar-refractivity contribution in [2.75, 3.05) is 6.61 Å². The molecule has 94 valence electrons. The van der Waals surface area contributed by atoms with Crippen LogP contribution in [-0.2, 0) is 16.1 Å². The van der Waals surface area contributed by atoms with E-state index in [9.17, 15) is 13.6 Å². The predicted molar refractivity (Wildman–Crippen MR) is 60.5 cm³/mol. The second kappa shape index (κ2) is 7.12. The van der Waals surface area contributed by atoms with Crippen LogP contribution < -0.4 is 0 Å². The molecule has 0 atom stereocenters. The third kappa shape index (κ3) is 5.54. The number of halogens is 2. The first-order valence-corrected chi connectivity index (χ1v) is 5.60. The normalized spacial score (nSPS) is 10.5. The Morgan fingerprint density at radius 3 is 2.76 bits per heavy atom. The Labute approximate surface area is 99.6 Å². The van der Waals surface area contributed by atoms with Gasteiger partial charge in [0.2, 0.25) is 0 Å². The lowest BCUT2D eigenvalue weighted by atomic mass is 10.2. The summed E-state index contributed by atoms with van der Waals surface area (Å²) in [4.78, 5) is 10.6. The molecule has 0 fully saturated rings. The van der Waals surface area contributed by atoms with Gasteiger partial charge in [-0.25, -0.2) is 8.78 Å². The second-order valence-electron chi connectivity index (χ2n) is 3.95. The lowest BCUT2D eigenvalue weighted by Crippen LogP contribution is -1.99. The third-order valence-corrected chi connectivity index (χ3v) is 2.33. The molecule has 0 radical (unpaired) electrons. The molecule has 0 aromatic heterocycles. The number of ketones is 1. The van der Waals surface area contributed by atoms with E-state index in [0.29, 0.717) is 13.0 Å². The van der Waals surface area contributed by atoms with Gasteiger partial charge in [0, 0.05) is 18.6 Å². The molecule has 0 aliphatic carbocycles. The van der Waals surface area contributed by atoms with Crippen LogP contribution in [0, 0.1) is 11.6 Å². The summed E-state index contributed by atoms with van der Waals surface area (Å²) < 4.78 is 31.2. The molecule has 0 heterocycles. The number of unbranched alkanes of at least 4 members (excludes halogenated alkanes) is 1. The highest BCUT2D eigenvalue weighted by molar-refractivity contribution is 5.75. The molecule has 0 saturated carbocycles. The van der Waals surface area contributed by atoms with Crippen LogP contribution in [-0.4, -0.2) is 12.4 Å². The van der Waals surface area contributed by atoms with E-state index in [1.54, 1.807) is 6.92 Å². The fourth-order valence-corrected chi connectivity index (χ4v) is 1.41. The Morgan fingerprint density at radius 2 is 2.06 bits per heavy atom. The van der Waals surface area contributed by atoms with E-state index >= 15 is 0 Å². The number of hydrogen-bond donors (Lipinski definition) is 0. The van der Waals surface area contributed by atoms with Gasteiger partial charge in [-0.1, -0.05) is 0 Å². The van der Waals surface area contributed by atoms with E-state index < -0.39 is 11.6 Å². The standard InChI is InChI=1S/C13H16F2O2/c1-10(16)4-2-3-7-17-9-11-8-12(14)5-6-13(11)15/h5-6,8H,2-4,7,9H2,1H3. The monoisotopic (exact) mass is 242 g/mol. The van der Waals surface area contributed by atoms with E-state index in [0.717, 1.165) is 31.0 Å². The molecule has 2 nitrogen and oxygen atoms in total. The van der Waals surface area contributed by atoms with Crippen LogP contribution in [0.3, 0.4) is 0 Å². The third-order valence-electron chi connectivity index (χ3n) is 2.33. The summed E-state index contributed by atoms with van der Waals surface area (Å²) in [5.74, 6) is -0.780. The van der Waals surface area contributed by atoms with Crippen LogP contribution in [0.1, 0.15) is 31.7 Å². The number of rotatable bonds is 7. The first-order valence-electron chi connectivity index (χ1n) is 5.60. The minimum absolute atomic E-state index is 0.0592. The molecule has 0 spiro atoms. The fourth-order valence-electron chi connectivity index (χ4n) is 1.41. The van der Waals surface area contributed by atoms with Gasteiger partial charge in [-0.15, -0.1) is 0 Å². The number of Topliss-reactive ketones (excluding diaryl/α,β-unsaturated/α-hetero) is 1. The van der Waals surface area contributed by atoms with Gasteiger partial charge in [0.15, 0.2) is 0 Å².